The minimum atomic E-state index is -0.475. The highest BCUT2D eigenvalue weighted by atomic mass is 35.5. The molecule has 1 aliphatic rings. The van der Waals surface area contributed by atoms with E-state index in [-0.39, 0.29) is 11.6 Å². The minimum absolute atomic E-state index is 0.0364. The van der Waals surface area contributed by atoms with Crippen LogP contribution in [-0.2, 0) is 4.74 Å². The maximum atomic E-state index is 13.5. The number of rotatable bonds is 8. The Kier molecular flexibility index (Phi) is 10.1. The van der Waals surface area contributed by atoms with Crippen LogP contribution in [0.1, 0.15) is 13.3 Å². The third-order valence-electron chi connectivity index (χ3n) is 5.08. The Labute approximate surface area is 203 Å². The van der Waals surface area contributed by atoms with Crippen LogP contribution in [0.25, 0.3) is 10.9 Å². The van der Waals surface area contributed by atoms with Crippen LogP contribution in [0.15, 0.2) is 36.7 Å². The Balaban J connectivity index is 0.00000103. The van der Waals surface area contributed by atoms with E-state index in [1.165, 1.54) is 18.5 Å². The van der Waals surface area contributed by atoms with E-state index in [4.69, 9.17) is 30.9 Å². The number of nitrogens with zero attached hydrogens (tertiary/aromatic N) is 3. The van der Waals surface area contributed by atoms with Crippen molar-refractivity contribution in [2.24, 2.45) is 0 Å². The lowest BCUT2D eigenvalue weighted by molar-refractivity contribution is 0.0357. The lowest BCUT2D eigenvalue weighted by Crippen LogP contribution is -2.37. The van der Waals surface area contributed by atoms with Gasteiger partial charge < -0.3 is 24.6 Å². The third-order valence-corrected chi connectivity index (χ3v) is 5.37. The lowest BCUT2D eigenvalue weighted by Gasteiger charge is -2.26. The van der Waals surface area contributed by atoms with Gasteiger partial charge in [0, 0.05) is 43.4 Å². The topological polar surface area (TPSA) is 89.0 Å². The number of nitrogens with one attached hydrogen (secondary N) is 1. The molecule has 1 saturated heterocycles. The van der Waals surface area contributed by atoms with Gasteiger partial charge in [-0.25, -0.2) is 14.4 Å². The van der Waals surface area contributed by atoms with Crippen LogP contribution < -0.4 is 14.8 Å². The molecule has 10 heteroatoms. The van der Waals surface area contributed by atoms with Crippen molar-refractivity contribution in [2.75, 3.05) is 58.5 Å². The zero-order valence-corrected chi connectivity index (χ0v) is 20.1. The van der Waals surface area contributed by atoms with Gasteiger partial charge in [-0.2, -0.15) is 0 Å². The largest absolute Gasteiger partial charge is 0.493 e. The zero-order valence-electron chi connectivity index (χ0n) is 19.4. The molecule has 0 spiro atoms. The van der Waals surface area contributed by atoms with E-state index in [0.717, 1.165) is 44.7 Å². The number of benzene rings is 2. The van der Waals surface area contributed by atoms with Gasteiger partial charge in [-0.15, -0.1) is 0 Å². The maximum absolute atomic E-state index is 13.5. The molecule has 1 aliphatic heterocycles. The number of fused-ring (bicyclic) bond motifs is 1. The Bertz CT molecular complexity index is 1070. The first kappa shape index (κ1) is 25.9. The number of anilines is 2. The monoisotopic (exact) mass is 492 g/mol. The van der Waals surface area contributed by atoms with Crippen molar-refractivity contribution in [3.8, 4) is 11.5 Å². The summed E-state index contributed by atoms with van der Waals surface area (Å²) in [6.07, 6.45) is 2.35. The molecule has 0 amide bonds. The quantitative estimate of drug-likeness (QED) is 0.450. The molecule has 3 aromatic rings. The Morgan fingerprint density at radius 2 is 1.94 bits per heavy atom. The van der Waals surface area contributed by atoms with Crippen LogP contribution in [0.5, 0.6) is 11.5 Å². The summed E-state index contributed by atoms with van der Waals surface area (Å²) in [6.45, 7) is 6.94. The summed E-state index contributed by atoms with van der Waals surface area (Å²) >= 11 is 5.90. The highest BCUT2D eigenvalue weighted by Crippen LogP contribution is 2.35. The first-order valence-electron chi connectivity index (χ1n) is 11.1. The van der Waals surface area contributed by atoms with Gasteiger partial charge >= 0.3 is 0 Å². The van der Waals surface area contributed by atoms with Crippen LogP contribution in [0.2, 0.25) is 5.02 Å². The van der Waals surface area contributed by atoms with Crippen LogP contribution >= 0.6 is 11.6 Å². The number of morpholine rings is 1. The molecule has 2 heterocycles. The Morgan fingerprint density at radius 1 is 1.18 bits per heavy atom. The molecule has 0 bridgehead atoms. The summed E-state index contributed by atoms with van der Waals surface area (Å²) in [6, 6.07) is 8.09. The smallest absolute Gasteiger partial charge is 0.162 e. The lowest BCUT2D eigenvalue weighted by atomic mass is 10.2. The number of aliphatic hydroxyl groups excluding tert-OH is 1. The number of halogens is 2. The van der Waals surface area contributed by atoms with Gasteiger partial charge in [0.1, 0.15) is 18.0 Å². The maximum Gasteiger partial charge on any atom is 0.162 e. The number of aromatic nitrogens is 2. The molecular weight excluding hydrogens is 463 g/mol. The summed E-state index contributed by atoms with van der Waals surface area (Å²) in [5, 5.41) is 11.5. The predicted molar refractivity (Wildman–Crippen MR) is 131 cm³/mol. The second kappa shape index (κ2) is 13.2. The standard InChI is InChI=1S/C22H24ClFN4O3.C2H6O/c1-29-20-13-19-16(12-21(20)31-8-2-5-28-6-9-30-10-7-28)22(26-14-25-19)27-15-3-4-18(24)17(23)11-15;1-2-3/h3-4,11-14H,2,5-10H2,1H3,(H,25,26,27);3H,2H2,1H3. The van der Waals surface area contributed by atoms with Crippen molar-refractivity contribution >= 4 is 34.0 Å². The molecule has 0 unspecified atom stereocenters. The molecule has 1 aromatic heterocycles. The molecule has 1 fully saturated rings. The first-order chi connectivity index (χ1) is 16.5. The molecule has 0 aliphatic carbocycles. The highest BCUT2D eigenvalue weighted by Gasteiger charge is 2.14. The van der Waals surface area contributed by atoms with Crippen LogP contribution in [0, 0.1) is 5.82 Å². The van der Waals surface area contributed by atoms with Gasteiger partial charge in [-0.3, -0.25) is 4.90 Å². The molecule has 2 aromatic carbocycles. The van der Waals surface area contributed by atoms with Crippen LogP contribution in [0.4, 0.5) is 15.9 Å². The van der Waals surface area contributed by atoms with E-state index in [9.17, 15) is 4.39 Å². The van der Waals surface area contributed by atoms with Gasteiger partial charge in [0.25, 0.3) is 0 Å². The SMILES string of the molecule is CCO.COc1cc2ncnc(Nc3ccc(F)c(Cl)c3)c2cc1OCCCN1CCOCC1. The van der Waals surface area contributed by atoms with Crippen molar-refractivity contribution < 1.29 is 23.7 Å². The summed E-state index contributed by atoms with van der Waals surface area (Å²) in [4.78, 5) is 11.0. The second-order valence-corrected chi connectivity index (χ2v) is 7.88. The number of aliphatic hydroxyl groups is 1. The van der Waals surface area contributed by atoms with Crippen molar-refractivity contribution in [2.45, 2.75) is 13.3 Å². The number of methoxy groups -OCH3 is 1. The fraction of sp³-hybridized carbons (Fsp3) is 0.417. The summed E-state index contributed by atoms with van der Waals surface area (Å²) in [5.41, 5.74) is 1.32. The normalized spacial score (nSPS) is 13.8. The fourth-order valence-electron chi connectivity index (χ4n) is 3.44. The molecule has 184 valence electrons. The van der Waals surface area contributed by atoms with Gasteiger partial charge in [-0.1, -0.05) is 11.6 Å². The summed E-state index contributed by atoms with van der Waals surface area (Å²) in [5.74, 6) is 1.31. The third kappa shape index (κ3) is 7.14. The Morgan fingerprint density at radius 3 is 2.65 bits per heavy atom. The van der Waals surface area contributed by atoms with Crippen molar-refractivity contribution in [3.05, 3.63) is 47.5 Å². The van der Waals surface area contributed by atoms with Crippen molar-refractivity contribution in [3.63, 3.8) is 0 Å². The number of hydrogen-bond acceptors (Lipinski definition) is 8. The van der Waals surface area contributed by atoms with E-state index in [2.05, 4.69) is 20.2 Å². The van der Waals surface area contributed by atoms with E-state index >= 15 is 0 Å². The summed E-state index contributed by atoms with van der Waals surface area (Å²) in [7, 11) is 1.60. The average molecular weight is 493 g/mol. The number of ether oxygens (including phenoxy) is 3. The van der Waals surface area contributed by atoms with Gasteiger partial charge in [0.05, 0.1) is 37.5 Å². The summed E-state index contributed by atoms with van der Waals surface area (Å²) < 4.78 is 30.4. The van der Waals surface area contributed by atoms with Crippen LogP contribution in [-0.4, -0.2) is 73.1 Å². The van der Waals surface area contributed by atoms with Gasteiger partial charge in [-0.05, 0) is 37.6 Å². The molecule has 0 radical (unpaired) electrons. The molecular formula is C24H30ClFN4O4. The predicted octanol–water partition coefficient (Wildman–Crippen LogP) is 4.27. The molecule has 8 nitrogen and oxygen atoms in total. The molecule has 0 saturated carbocycles. The minimum Gasteiger partial charge on any atom is -0.493 e. The van der Waals surface area contributed by atoms with Gasteiger partial charge in [0.15, 0.2) is 11.5 Å². The fourth-order valence-corrected chi connectivity index (χ4v) is 3.62. The highest BCUT2D eigenvalue weighted by molar-refractivity contribution is 6.31. The second-order valence-electron chi connectivity index (χ2n) is 7.47. The zero-order chi connectivity index (χ0) is 24.3. The van der Waals surface area contributed by atoms with E-state index in [1.807, 2.05) is 12.1 Å². The average Bonchev–Trinajstić information content (AvgIpc) is 2.85. The number of hydrogen-bond donors (Lipinski definition) is 2. The van der Waals surface area contributed by atoms with E-state index in [0.29, 0.717) is 35.1 Å². The van der Waals surface area contributed by atoms with Gasteiger partial charge in [0.2, 0.25) is 0 Å². The molecule has 0 atom stereocenters. The molecule has 4 rings (SSSR count). The van der Waals surface area contributed by atoms with E-state index < -0.39 is 5.82 Å². The first-order valence-corrected chi connectivity index (χ1v) is 11.5. The van der Waals surface area contributed by atoms with Crippen molar-refractivity contribution in [1.82, 2.24) is 14.9 Å². The Hall–Kier alpha value is -2.72. The van der Waals surface area contributed by atoms with E-state index in [1.54, 1.807) is 20.1 Å². The molecule has 2 N–H and O–H groups in total. The molecule has 34 heavy (non-hydrogen) atoms. The van der Waals surface area contributed by atoms with Crippen LogP contribution in [0.3, 0.4) is 0 Å². The van der Waals surface area contributed by atoms with Crippen molar-refractivity contribution in [1.29, 1.82) is 0 Å².